The van der Waals surface area contributed by atoms with E-state index in [2.05, 4.69) is 5.32 Å². The van der Waals surface area contributed by atoms with E-state index in [1.165, 1.54) is 0 Å². The second-order valence-electron chi connectivity index (χ2n) is 5.25. The third-order valence-corrected chi connectivity index (χ3v) is 3.63. The highest BCUT2D eigenvalue weighted by Crippen LogP contribution is 2.32. The maximum Gasteiger partial charge on any atom is 0.161 e. The summed E-state index contributed by atoms with van der Waals surface area (Å²) in [6, 6.07) is 5.98. The number of hydrogen-bond donors (Lipinski definition) is 2. The van der Waals surface area contributed by atoms with Crippen molar-refractivity contribution in [1.29, 1.82) is 0 Å². The van der Waals surface area contributed by atoms with Crippen LogP contribution in [0.5, 0.6) is 11.5 Å². The molecule has 20 heavy (non-hydrogen) atoms. The van der Waals surface area contributed by atoms with Crippen molar-refractivity contribution >= 4 is 0 Å². The van der Waals surface area contributed by atoms with Crippen LogP contribution in [0, 0.1) is 0 Å². The van der Waals surface area contributed by atoms with E-state index in [9.17, 15) is 5.11 Å². The van der Waals surface area contributed by atoms with Gasteiger partial charge in [-0.2, -0.15) is 0 Å². The smallest absolute Gasteiger partial charge is 0.161 e. The molecular weight excluding hydrogens is 254 g/mol. The predicted octanol–water partition coefficient (Wildman–Crippen LogP) is 2.49. The molecule has 1 aromatic rings. The van der Waals surface area contributed by atoms with Gasteiger partial charge in [0, 0.05) is 6.54 Å². The van der Waals surface area contributed by atoms with Gasteiger partial charge in [0.2, 0.25) is 0 Å². The molecule has 0 radical (unpaired) electrons. The zero-order valence-corrected chi connectivity index (χ0v) is 12.4. The molecule has 1 fully saturated rings. The molecule has 0 aliphatic heterocycles. The quantitative estimate of drug-likeness (QED) is 0.840. The third-order valence-electron chi connectivity index (χ3n) is 3.63. The summed E-state index contributed by atoms with van der Waals surface area (Å²) in [5.74, 6) is 1.50. The van der Waals surface area contributed by atoms with Crippen LogP contribution in [0.15, 0.2) is 18.2 Å². The second kappa shape index (κ2) is 7.50. The lowest BCUT2D eigenvalue weighted by Crippen LogP contribution is -2.34. The van der Waals surface area contributed by atoms with Gasteiger partial charge >= 0.3 is 0 Å². The number of aliphatic hydroxyl groups is 1. The molecule has 0 spiro atoms. The molecule has 1 saturated carbocycles. The van der Waals surface area contributed by atoms with Gasteiger partial charge < -0.3 is 19.9 Å². The van der Waals surface area contributed by atoms with Crippen LogP contribution in [-0.4, -0.2) is 31.0 Å². The van der Waals surface area contributed by atoms with E-state index in [0.29, 0.717) is 6.61 Å². The molecule has 0 amide bonds. The standard InChI is InChI=1S/C16H25NO3/c1-3-19-16-10-12(11-17-2)8-9-15(16)20-14-7-5-4-6-13(14)18/h8-10,13-14,17-18H,3-7,11H2,1-2H3. The Morgan fingerprint density at radius 1 is 1.25 bits per heavy atom. The SMILES string of the molecule is CCOc1cc(CNC)ccc1OC1CCCCC1O. The number of aliphatic hydroxyl groups excluding tert-OH is 1. The fourth-order valence-electron chi connectivity index (χ4n) is 2.61. The molecular formula is C16H25NO3. The Kier molecular flexibility index (Phi) is 5.68. The monoisotopic (exact) mass is 279 g/mol. The van der Waals surface area contributed by atoms with Crippen LogP contribution >= 0.6 is 0 Å². The van der Waals surface area contributed by atoms with Crippen LogP contribution in [-0.2, 0) is 6.54 Å². The van der Waals surface area contributed by atoms with Gasteiger partial charge in [-0.1, -0.05) is 12.5 Å². The first kappa shape index (κ1) is 15.1. The fraction of sp³-hybridized carbons (Fsp3) is 0.625. The molecule has 2 N–H and O–H groups in total. The molecule has 4 heteroatoms. The van der Waals surface area contributed by atoms with Gasteiger partial charge in [-0.3, -0.25) is 0 Å². The largest absolute Gasteiger partial charge is 0.490 e. The summed E-state index contributed by atoms with van der Waals surface area (Å²) in [5, 5.41) is 13.1. The van der Waals surface area contributed by atoms with Gasteiger partial charge in [-0.05, 0) is 50.9 Å². The Morgan fingerprint density at radius 3 is 2.75 bits per heavy atom. The Labute approximate surface area is 121 Å². The van der Waals surface area contributed by atoms with Crippen molar-refractivity contribution in [2.45, 2.75) is 51.4 Å². The molecule has 1 aliphatic rings. The van der Waals surface area contributed by atoms with Crippen LogP contribution in [0.4, 0.5) is 0 Å². The molecule has 1 aliphatic carbocycles. The minimum absolute atomic E-state index is 0.113. The summed E-state index contributed by atoms with van der Waals surface area (Å²) < 4.78 is 11.7. The van der Waals surface area contributed by atoms with Crippen LogP contribution in [0.25, 0.3) is 0 Å². The Morgan fingerprint density at radius 2 is 2.05 bits per heavy atom. The molecule has 2 unspecified atom stereocenters. The van der Waals surface area contributed by atoms with E-state index in [-0.39, 0.29) is 12.2 Å². The molecule has 1 aromatic carbocycles. The molecule has 0 saturated heterocycles. The molecule has 4 nitrogen and oxygen atoms in total. The average Bonchev–Trinajstić information content (AvgIpc) is 2.44. The molecule has 0 aromatic heterocycles. The first-order valence-corrected chi connectivity index (χ1v) is 7.49. The number of ether oxygens (including phenoxy) is 2. The normalized spacial score (nSPS) is 22.6. The average molecular weight is 279 g/mol. The van der Waals surface area contributed by atoms with Crippen LogP contribution in [0.3, 0.4) is 0 Å². The van der Waals surface area contributed by atoms with Crippen molar-refractivity contribution in [3.05, 3.63) is 23.8 Å². The lowest BCUT2D eigenvalue weighted by Gasteiger charge is -2.29. The van der Waals surface area contributed by atoms with E-state index in [4.69, 9.17) is 9.47 Å². The van der Waals surface area contributed by atoms with Crippen LogP contribution in [0.2, 0.25) is 0 Å². The Bertz CT molecular complexity index is 422. The maximum absolute atomic E-state index is 10.0. The van der Waals surface area contributed by atoms with Crippen LogP contribution < -0.4 is 14.8 Å². The number of benzene rings is 1. The number of hydrogen-bond acceptors (Lipinski definition) is 4. The summed E-state index contributed by atoms with van der Waals surface area (Å²) in [6.07, 6.45) is 3.45. The van der Waals surface area contributed by atoms with Crippen molar-refractivity contribution in [3.63, 3.8) is 0 Å². The zero-order valence-electron chi connectivity index (χ0n) is 12.4. The summed E-state index contributed by atoms with van der Waals surface area (Å²) >= 11 is 0. The van der Waals surface area contributed by atoms with Crippen molar-refractivity contribution < 1.29 is 14.6 Å². The zero-order chi connectivity index (χ0) is 14.4. The minimum Gasteiger partial charge on any atom is -0.490 e. The maximum atomic E-state index is 10.0. The van der Waals surface area contributed by atoms with Crippen molar-refractivity contribution in [1.82, 2.24) is 5.32 Å². The van der Waals surface area contributed by atoms with E-state index in [1.54, 1.807) is 0 Å². The lowest BCUT2D eigenvalue weighted by atomic mass is 9.95. The first-order valence-electron chi connectivity index (χ1n) is 7.49. The van der Waals surface area contributed by atoms with Crippen molar-refractivity contribution in [2.24, 2.45) is 0 Å². The topological polar surface area (TPSA) is 50.7 Å². The summed E-state index contributed by atoms with van der Waals surface area (Å²) in [6.45, 7) is 3.36. The highest BCUT2D eigenvalue weighted by atomic mass is 16.5. The Balaban J connectivity index is 2.12. The second-order valence-corrected chi connectivity index (χ2v) is 5.25. The summed E-state index contributed by atoms with van der Waals surface area (Å²) in [4.78, 5) is 0. The van der Waals surface area contributed by atoms with Crippen molar-refractivity contribution in [3.8, 4) is 11.5 Å². The van der Waals surface area contributed by atoms with Gasteiger partial charge in [0.15, 0.2) is 11.5 Å². The van der Waals surface area contributed by atoms with Crippen LogP contribution in [0.1, 0.15) is 38.2 Å². The van der Waals surface area contributed by atoms with E-state index in [1.807, 2.05) is 32.2 Å². The third kappa shape index (κ3) is 3.87. The van der Waals surface area contributed by atoms with Gasteiger partial charge in [0.1, 0.15) is 6.10 Å². The van der Waals surface area contributed by atoms with Gasteiger partial charge in [0.25, 0.3) is 0 Å². The summed E-state index contributed by atoms with van der Waals surface area (Å²) in [7, 11) is 1.92. The molecule has 2 atom stereocenters. The van der Waals surface area contributed by atoms with E-state index in [0.717, 1.165) is 49.3 Å². The molecule has 2 rings (SSSR count). The van der Waals surface area contributed by atoms with E-state index < -0.39 is 0 Å². The minimum atomic E-state index is -0.366. The number of nitrogens with one attached hydrogen (secondary N) is 1. The molecule has 112 valence electrons. The highest BCUT2D eigenvalue weighted by molar-refractivity contribution is 5.43. The van der Waals surface area contributed by atoms with Crippen molar-refractivity contribution in [2.75, 3.05) is 13.7 Å². The predicted molar refractivity (Wildman–Crippen MR) is 79.3 cm³/mol. The van der Waals surface area contributed by atoms with Gasteiger partial charge in [-0.25, -0.2) is 0 Å². The van der Waals surface area contributed by atoms with E-state index >= 15 is 0 Å². The molecule has 0 bridgehead atoms. The van der Waals surface area contributed by atoms with Gasteiger partial charge in [0.05, 0.1) is 12.7 Å². The lowest BCUT2D eigenvalue weighted by molar-refractivity contribution is 0.00544. The summed E-state index contributed by atoms with van der Waals surface area (Å²) in [5.41, 5.74) is 1.16. The molecule has 0 heterocycles. The first-order chi connectivity index (χ1) is 9.74. The fourth-order valence-corrected chi connectivity index (χ4v) is 2.61. The Hall–Kier alpha value is -1.26. The van der Waals surface area contributed by atoms with Gasteiger partial charge in [-0.15, -0.1) is 0 Å². The number of rotatable bonds is 6. The highest BCUT2D eigenvalue weighted by Gasteiger charge is 2.25.